The van der Waals surface area contributed by atoms with E-state index in [2.05, 4.69) is 5.32 Å². The van der Waals surface area contributed by atoms with Crippen LogP contribution in [0.3, 0.4) is 0 Å². The van der Waals surface area contributed by atoms with Crippen LogP contribution in [0.5, 0.6) is 0 Å². The van der Waals surface area contributed by atoms with Gasteiger partial charge in [0.1, 0.15) is 18.7 Å². The van der Waals surface area contributed by atoms with Crippen molar-refractivity contribution in [1.29, 1.82) is 0 Å². The van der Waals surface area contributed by atoms with Crippen LogP contribution in [0.4, 0.5) is 0 Å². The van der Waals surface area contributed by atoms with Gasteiger partial charge in [0.2, 0.25) is 11.8 Å². The van der Waals surface area contributed by atoms with E-state index in [4.69, 9.17) is 4.74 Å². The predicted molar refractivity (Wildman–Crippen MR) is 139 cm³/mol. The van der Waals surface area contributed by atoms with Gasteiger partial charge in [-0.3, -0.25) is 9.59 Å². The Hall–Kier alpha value is -4.19. The second kappa shape index (κ2) is 12.5. The molecule has 1 unspecified atom stereocenters. The number of carbonyl (C=O) groups is 3. The summed E-state index contributed by atoms with van der Waals surface area (Å²) in [6.45, 7) is 0.609. The summed E-state index contributed by atoms with van der Waals surface area (Å²) >= 11 is 0. The minimum absolute atomic E-state index is 0.159. The van der Waals surface area contributed by atoms with Crippen LogP contribution in [0.1, 0.15) is 29.5 Å². The Kier molecular flexibility index (Phi) is 8.65. The maximum Gasteiger partial charge on any atom is 0.329 e. The highest BCUT2D eigenvalue weighted by atomic mass is 16.5. The van der Waals surface area contributed by atoms with E-state index in [0.29, 0.717) is 25.8 Å². The van der Waals surface area contributed by atoms with Crippen LogP contribution in [-0.2, 0) is 32.1 Å². The molecule has 1 heterocycles. The number of rotatable bonds is 9. The molecule has 3 aromatic rings. The van der Waals surface area contributed by atoms with E-state index in [0.717, 1.165) is 16.7 Å². The Morgan fingerprint density at radius 1 is 0.889 bits per heavy atom. The van der Waals surface area contributed by atoms with Crippen molar-refractivity contribution < 1.29 is 19.1 Å². The first-order valence-corrected chi connectivity index (χ1v) is 12.2. The van der Waals surface area contributed by atoms with Gasteiger partial charge in [0, 0.05) is 19.0 Å². The number of likely N-dealkylation sites (tertiary alicyclic amines) is 1. The second-order valence-electron chi connectivity index (χ2n) is 8.78. The Labute approximate surface area is 211 Å². The van der Waals surface area contributed by atoms with Gasteiger partial charge in [-0.05, 0) is 35.6 Å². The molecule has 0 spiro atoms. The standard InChI is InChI=1S/C30H30N2O4/c33-28(19-18-23-11-4-1-5-12-23)31-26(21-24-13-6-2-7-14-24)29(34)32-20-10-17-27(32)30(35)36-22-25-15-8-3-9-16-25/h1-9,11-16,18-19,26-27H,10,17,20-22H2,(H,31,33)/b19-18+/t26?,27-/m1/s1. The summed E-state index contributed by atoms with van der Waals surface area (Å²) < 4.78 is 5.53. The van der Waals surface area contributed by atoms with Gasteiger partial charge in [0.25, 0.3) is 0 Å². The van der Waals surface area contributed by atoms with Gasteiger partial charge >= 0.3 is 5.97 Å². The van der Waals surface area contributed by atoms with E-state index in [1.54, 1.807) is 11.0 Å². The van der Waals surface area contributed by atoms with E-state index < -0.39 is 18.1 Å². The summed E-state index contributed by atoms with van der Waals surface area (Å²) in [5, 5.41) is 2.86. The number of amides is 2. The van der Waals surface area contributed by atoms with E-state index in [1.165, 1.54) is 6.08 Å². The summed E-state index contributed by atoms with van der Waals surface area (Å²) in [5.41, 5.74) is 2.70. The molecule has 3 aromatic carbocycles. The Bertz CT molecular complexity index is 1180. The number of carbonyl (C=O) groups excluding carboxylic acids is 3. The topological polar surface area (TPSA) is 75.7 Å². The van der Waals surface area contributed by atoms with Crippen molar-refractivity contribution in [3.63, 3.8) is 0 Å². The molecular weight excluding hydrogens is 452 g/mol. The number of ether oxygens (including phenoxy) is 1. The molecule has 1 aliphatic rings. The molecule has 2 atom stereocenters. The highest BCUT2D eigenvalue weighted by Crippen LogP contribution is 2.21. The Morgan fingerprint density at radius 2 is 1.50 bits per heavy atom. The molecule has 0 aromatic heterocycles. The van der Waals surface area contributed by atoms with Crippen LogP contribution >= 0.6 is 0 Å². The lowest BCUT2D eigenvalue weighted by Gasteiger charge is -2.28. The molecule has 0 radical (unpaired) electrons. The zero-order valence-electron chi connectivity index (χ0n) is 20.1. The smallest absolute Gasteiger partial charge is 0.329 e. The van der Waals surface area contributed by atoms with Gasteiger partial charge in [-0.25, -0.2) is 4.79 Å². The molecule has 1 fully saturated rings. The van der Waals surface area contributed by atoms with Crippen LogP contribution in [0.2, 0.25) is 0 Å². The number of hydrogen-bond acceptors (Lipinski definition) is 4. The summed E-state index contributed by atoms with van der Waals surface area (Å²) in [7, 11) is 0. The van der Waals surface area contributed by atoms with Crippen molar-refractivity contribution in [3.05, 3.63) is 114 Å². The fraction of sp³-hybridized carbons (Fsp3) is 0.233. The number of hydrogen-bond donors (Lipinski definition) is 1. The SMILES string of the molecule is O=C(/C=C/c1ccccc1)NC(Cc1ccccc1)C(=O)N1CCC[C@@H]1C(=O)OCc1ccccc1. The number of benzene rings is 3. The average Bonchev–Trinajstić information content (AvgIpc) is 3.42. The van der Waals surface area contributed by atoms with Crippen LogP contribution in [-0.4, -0.2) is 41.3 Å². The third-order valence-corrected chi connectivity index (χ3v) is 6.16. The molecule has 4 rings (SSSR count). The first-order valence-electron chi connectivity index (χ1n) is 12.2. The molecule has 184 valence electrons. The fourth-order valence-electron chi connectivity index (χ4n) is 4.31. The Morgan fingerprint density at radius 3 is 2.17 bits per heavy atom. The highest BCUT2D eigenvalue weighted by Gasteiger charge is 2.38. The van der Waals surface area contributed by atoms with Crippen molar-refractivity contribution in [1.82, 2.24) is 10.2 Å². The lowest BCUT2D eigenvalue weighted by molar-refractivity contribution is -0.155. The average molecular weight is 483 g/mol. The van der Waals surface area contributed by atoms with Crippen LogP contribution in [0.25, 0.3) is 6.08 Å². The first-order chi connectivity index (χ1) is 17.6. The number of esters is 1. The number of nitrogens with zero attached hydrogens (tertiary/aromatic N) is 1. The zero-order chi connectivity index (χ0) is 25.2. The molecular formula is C30H30N2O4. The van der Waals surface area contributed by atoms with Crippen molar-refractivity contribution in [2.75, 3.05) is 6.54 Å². The van der Waals surface area contributed by atoms with E-state index in [-0.39, 0.29) is 18.4 Å². The summed E-state index contributed by atoms with van der Waals surface area (Å²) in [6.07, 6.45) is 4.71. The van der Waals surface area contributed by atoms with Gasteiger partial charge in [-0.1, -0.05) is 91.0 Å². The van der Waals surface area contributed by atoms with Crippen molar-refractivity contribution in [2.24, 2.45) is 0 Å². The fourth-order valence-corrected chi connectivity index (χ4v) is 4.31. The van der Waals surface area contributed by atoms with Crippen molar-refractivity contribution >= 4 is 23.9 Å². The molecule has 6 nitrogen and oxygen atoms in total. The van der Waals surface area contributed by atoms with Crippen LogP contribution in [0.15, 0.2) is 97.1 Å². The normalized spacial score (nSPS) is 16.0. The van der Waals surface area contributed by atoms with Gasteiger partial charge in [0.05, 0.1) is 0 Å². The maximum atomic E-state index is 13.6. The summed E-state index contributed by atoms with van der Waals surface area (Å²) in [6, 6.07) is 27.0. The lowest BCUT2D eigenvalue weighted by Crippen LogP contribution is -2.52. The third-order valence-electron chi connectivity index (χ3n) is 6.16. The van der Waals surface area contributed by atoms with E-state index >= 15 is 0 Å². The van der Waals surface area contributed by atoms with E-state index in [9.17, 15) is 14.4 Å². The van der Waals surface area contributed by atoms with Crippen LogP contribution < -0.4 is 5.32 Å². The minimum Gasteiger partial charge on any atom is -0.459 e. The molecule has 6 heteroatoms. The van der Waals surface area contributed by atoms with Gasteiger partial charge in [-0.2, -0.15) is 0 Å². The largest absolute Gasteiger partial charge is 0.459 e. The molecule has 0 aliphatic carbocycles. The van der Waals surface area contributed by atoms with Gasteiger partial charge in [0.15, 0.2) is 0 Å². The van der Waals surface area contributed by atoms with Crippen molar-refractivity contribution in [3.8, 4) is 0 Å². The monoisotopic (exact) mass is 482 g/mol. The summed E-state index contributed by atoms with van der Waals surface area (Å²) in [4.78, 5) is 40.8. The summed E-state index contributed by atoms with van der Waals surface area (Å²) in [5.74, 6) is -1.06. The van der Waals surface area contributed by atoms with Gasteiger partial charge in [-0.15, -0.1) is 0 Å². The third kappa shape index (κ3) is 6.92. The van der Waals surface area contributed by atoms with E-state index in [1.807, 2.05) is 91.0 Å². The van der Waals surface area contributed by atoms with Gasteiger partial charge < -0.3 is 15.0 Å². The molecule has 1 N–H and O–H groups in total. The highest BCUT2D eigenvalue weighted by molar-refractivity contribution is 5.96. The van der Waals surface area contributed by atoms with Crippen LogP contribution in [0, 0.1) is 0 Å². The Balaban J connectivity index is 1.45. The molecule has 0 saturated carbocycles. The quantitative estimate of drug-likeness (QED) is 0.367. The molecule has 1 saturated heterocycles. The maximum absolute atomic E-state index is 13.6. The molecule has 0 bridgehead atoms. The zero-order valence-corrected chi connectivity index (χ0v) is 20.1. The lowest BCUT2D eigenvalue weighted by atomic mass is 10.0. The molecule has 36 heavy (non-hydrogen) atoms. The first kappa shape index (κ1) is 24.9. The molecule has 2 amide bonds. The second-order valence-corrected chi connectivity index (χ2v) is 8.78. The van der Waals surface area contributed by atoms with Crippen molar-refractivity contribution in [2.45, 2.75) is 38.0 Å². The minimum atomic E-state index is -0.803. The molecule has 1 aliphatic heterocycles. The number of nitrogens with one attached hydrogen (secondary N) is 1. The predicted octanol–water partition coefficient (Wildman–Crippen LogP) is 4.16.